The van der Waals surface area contributed by atoms with Gasteiger partial charge in [0.1, 0.15) is 0 Å². The second-order valence-electron chi connectivity index (χ2n) is 8.48. The minimum Gasteiger partial charge on any atom is -0.316 e. The maximum atomic E-state index is 3.72. The number of benzene rings is 1. The van der Waals surface area contributed by atoms with Gasteiger partial charge in [0.2, 0.25) is 0 Å². The first-order valence-corrected chi connectivity index (χ1v) is 9.20. The number of rotatable bonds is 6. The molecule has 22 heavy (non-hydrogen) atoms. The van der Waals surface area contributed by atoms with E-state index in [1.807, 2.05) is 0 Å². The standard InChI is InChI=1S/C21H35N/c1-5-15-22-17-21(16-18-9-7-6-8-10-18)13-11-19(12-14-21)20(2,3)4/h6-10,19,22H,5,11-17H2,1-4H3. The van der Waals surface area contributed by atoms with Crippen LogP contribution in [0.3, 0.4) is 0 Å². The third-order valence-electron chi connectivity index (χ3n) is 5.62. The SMILES string of the molecule is CCCNCC1(Cc2ccccc2)CCC(C(C)(C)C)CC1. The number of hydrogen-bond acceptors (Lipinski definition) is 1. The van der Waals surface area contributed by atoms with Crippen LogP contribution in [0.25, 0.3) is 0 Å². The van der Waals surface area contributed by atoms with Gasteiger partial charge >= 0.3 is 0 Å². The molecule has 0 saturated heterocycles. The van der Waals surface area contributed by atoms with E-state index in [1.165, 1.54) is 50.6 Å². The van der Waals surface area contributed by atoms with Crippen LogP contribution in [-0.2, 0) is 6.42 Å². The minimum absolute atomic E-state index is 0.468. The van der Waals surface area contributed by atoms with E-state index >= 15 is 0 Å². The van der Waals surface area contributed by atoms with Gasteiger partial charge in [0.05, 0.1) is 0 Å². The van der Waals surface area contributed by atoms with E-state index in [4.69, 9.17) is 0 Å². The van der Waals surface area contributed by atoms with Gasteiger partial charge in [-0.15, -0.1) is 0 Å². The van der Waals surface area contributed by atoms with Crippen LogP contribution in [0.1, 0.15) is 65.4 Å². The lowest BCUT2D eigenvalue weighted by molar-refractivity contribution is 0.0863. The van der Waals surface area contributed by atoms with E-state index < -0.39 is 0 Å². The zero-order valence-corrected chi connectivity index (χ0v) is 15.1. The van der Waals surface area contributed by atoms with Crippen molar-refractivity contribution in [2.75, 3.05) is 13.1 Å². The van der Waals surface area contributed by atoms with Gasteiger partial charge in [-0.2, -0.15) is 0 Å². The molecular weight excluding hydrogens is 266 g/mol. The second-order valence-corrected chi connectivity index (χ2v) is 8.48. The molecule has 1 fully saturated rings. The minimum atomic E-state index is 0.468. The summed E-state index contributed by atoms with van der Waals surface area (Å²) in [7, 11) is 0. The summed E-state index contributed by atoms with van der Waals surface area (Å²) in [6.07, 6.45) is 8.00. The monoisotopic (exact) mass is 301 g/mol. The van der Waals surface area contributed by atoms with Crippen molar-refractivity contribution in [1.29, 1.82) is 0 Å². The molecule has 0 aromatic heterocycles. The summed E-state index contributed by atoms with van der Waals surface area (Å²) < 4.78 is 0. The van der Waals surface area contributed by atoms with Crippen molar-refractivity contribution in [3.05, 3.63) is 35.9 Å². The summed E-state index contributed by atoms with van der Waals surface area (Å²) in [6.45, 7) is 11.8. The Morgan fingerprint density at radius 2 is 1.73 bits per heavy atom. The molecule has 124 valence electrons. The fraction of sp³-hybridized carbons (Fsp3) is 0.714. The van der Waals surface area contributed by atoms with E-state index in [0.717, 1.165) is 12.5 Å². The molecule has 0 unspecified atom stereocenters. The van der Waals surface area contributed by atoms with Gasteiger partial charge in [-0.05, 0) is 67.4 Å². The molecule has 1 aromatic carbocycles. The Morgan fingerprint density at radius 3 is 2.27 bits per heavy atom. The molecule has 2 rings (SSSR count). The summed E-state index contributed by atoms with van der Waals surface area (Å²) in [5.74, 6) is 0.891. The summed E-state index contributed by atoms with van der Waals surface area (Å²) in [4.78, 5) is 0. The van der Waals surface area contributed by atoms with Crippen molar-refractivity contribution in [2.45, 2.75) is 66.2 Å². The molecule has 1 aliphatic carbocycles. The average Bonchev–Trinajstić information content (AvgIpc) is 2.48. The number of hydrogen-bond donors (Lipinski definition) is 1. The van der Waals surface area contributed by atoms with Gasteiger partial charge in [0, 0.05) is 6.54 Å². The molecular formula is C21H35N. The predicted molar refractivity (Wildman–Crippen MR) is 97.2 cm³/mol. The zero-order valence-electron chi connectivity index (χ0n) is 15.1. The molecule has 0 amide bonds. The molecule has 1 nitrogen and oxygen atoms in total. The smallest absolute Gasteiger partial charge is 0.00110 e. The van der Waals surface area contributed by atoms with Crippen molar-refractivity contribution in [3.63, 3.8) is 0 Å². The Morgan fingerprint density at radius 1 is 1.09 bits per heavy atom. The van der Waals surface area contributed by atoms with Crippen molar-refractivity contribution < 1.29 is 0 Å². The average molecular weight is 302 g/mol. The molecule has 1 saturated carbocycles. The summed E-state index contributed by atoms with van der Waals surface area (Å²) in [5, 5.41) is 3.72. The van der Waals surface area contributed by atoms with Crippen molar-refractivity contribution >= 4 is 0 Å². The van der Waals surface area contributed by atoms with Crippen LogP contribution in [0.2, 0.25) is 0 Å². The molecule has 0 heterocycles. The van der Waals surface area contributed by atoms with E-state index in [0.29, 0.717) is 10.8 Å². The molecule has 0 radical (unpaired) electrons. The molecule has 0 bridgehead atoms. The van der Waals surface area contributed by atoms with Crippen molar-refractivity contribution in [1.82, 2.24) is 5.32 Å². The number of nitrogens with one attached hydrogen (secondary N) is 1. The zero-order chi connectivity index (χ0) is 16.1. The molecule has 1 N–H and O–H groups in total. The largest absolute Gasteiger partial charge is 0.316 e. The molecule has 1 aromatic rings. The highest BCUT2D eigenvalue weighted by molar-refractivity contribution is 5.17. The highest BCUT2D eigenvalue weighted by atomic mass is 14.9. The highest BCUT2D eigenvalue weighted by Crippen LogP contribution is 2.46. The van der Waals surface area contributed by atoms with Crippen molar-refractivity contribution in [3.8, 4) is 0 Å². The van der Waals surface area contributed by atoms with Crippen LogP contribution in [0.5, 0.6) is 0 Å². The fourth-order valence-corrected chi connectivity index (χ4v) is 4.07. The van der Waals surface area contributed by atoms with E-state index in [-0.39, 0.29) is 0 Å². The Hall–Kier alpha value is -0.820. The fourth-order valence-electron chi connectivity index (χ4n) is 4.07. The highest BCUT2D eigenvalue weighted by Gasteiger charge is 2.38. The third-order valence-corrected chi connectivity index (χ3v) is 5.62. The van der Waals surface area contributed by atoms with Crippen LogP contribution in [0.15, 0.2) is 30.3 Å². The lowest BCUT2D eigenvalue weighted by Crippen LogP contribution is -2.41. The van der Waals surface area contributed by atoms with Crippen LogP contribution in [0, 0.1) is 16.7 Å². The second kappa shape index (κ2) is 7.64. The maximum absolute atomic E-state index is 3.72. The first kappa shape index (κ1) is 17.5. The van der Waals surface area contributed by atoms with Crippen LogP contribution in [-0.4, -0.2) is 13.1 Å². The van der Waals surface area contributed by atoms with E-state index in [2.05, 4.69) is 63.3 Å². The van der Waals surface area contributed by atoms with E-state index in [1.54, 1.807) is 0 Å². The normalized spacial score (nSPS) is 26.1. The van der Waals surface area contributed by atoms with Crippen LogP contribution < -0.4 is 5.32 Å². The molecule has 0 spiro atoms. The lowest BCUT2D eigenvalue weighted by atomic mass is 9.62. The van der Waals surface area contributed by atoms with Gasteiger partial charge in [0.25, 0.3) is 0 Å². The van der Waals surface area contributed by atoms with Crippen LogP contribution >= 0.6 is 0 Å². The first-order chi connectivity index (χ1) is 10.5. The molecule has 1 heteroatoms. The predicted octanol–water partition coefficient (Wildman–Crippen LogP) is 5.45. The molecule has 1 aliphatic rings. The summed E-state index contributed by atoms with van der Waals surface area (Å²) in [6, 6.07) is 11.1. The van der Waals surface area contributed by atoms with Crippen molar-refractivity contribution in [2.24, 2.45) is 16.7 Å². The lowest BCUT2D eigenvalue weighted by Gasteiger charge is -2.44. The van der Waals surface area contributed by atoms with Gasteiger partial charge in [-0.1, -0.05) is 58.0 Å². The first-order valence-electron chi connectivity index (χ1n) is 9.20. The topological polar surface area (TPSA) is 12.0 Å². The van der Waals surface area contributed by atoms with Crippen LogP contribution in [0.4, 0.5) is 0 Å². The maximum Gasteiger partial charge on any atom is 0.00110 e. The Bertz CT molecular complexity index is 421. The molecule has 0 atom stereocenters. The Balaban J connectivity index is 2.04. The summed E-state index contributed by atoms with van der Waals surface area (Å²) in [5.41, 5.74) is 2.45. The van der Waals surface area contributed by atoms with Gasteiger partial charge < -0.3 is 5.32 Å². The third kappa shape index (κ3) is 4.84. The molecule has 0 aliphatic heterocycles. The Labute approximate surface area is 137 Å². The quantitative estimate of drug-likeness (QED) is 0.689. The van der Waals surface area contributed by atoms with E-state index in [9.17, 15) is 0 Å². The van der Waals surface area contributed by atoms with Gasteiger partial charge in [-0.3, -0.25) is 0 Å². The van der Waals surface area contributed by atoms with Gasteiger partial charge in [0.15, 0.2) is 0 Å². The Kier molecular flexibility index (Phi) is 6.09. The summed E-state index contributed by atoms with van der Waals surface area (Å²) >= 11 is 0. The van der Waals surface area contributed by atoms with Gasteiger partial charge in [-0.25, -0.2) is 0 Å².